The molecule has 1 amide bonds. The minimum absolute atomic E-state index is 0.00105. The number of anilines is 1. The molecular formula is C13H18F2N2OS. The zero-order chi connectivity index (χ0) is 14.3. The van der Waals surface area contributed by atoms with Gasteiger partial charge in [0, 0.05) is 19.2 Å². The largest absolute Gasteiger partial charge is 0.383 e. The first-order chi connectivity index (χ1) is 9.10. The van der Waals surface area contributed by atoms with Crippen molar-refractivity contribution in [1.29, 1.82) is 0 Å². The Morgan fingerprint density at radius 1 is 1.26 bits per heavy atom. The molecule has 6 heteroatoms. The minimum Gasteiger partial charge on any atom is -0.383 e. The quantitative estimate of drug-likeness (QED) is 0.758. The summed E-state index contributed by atoms with van der Waals surface area (Å²) in [5.41, 5.74) is -0.226. The van der Waals surface area contributed by atoms with Gasteiger partial charge in [0.05, 0.1) is 0 Å². The summed E-state index contributed by atoms with van der Waals surface area (Å²) in [7, 11) is 1.42. The second-order valence-corrected chi connectivity index (χ2v) is 5.01. The molecule has 0 saturated heterocycles. The first-order valence-electron chi connectivity index (χ1n) is 6.04. The Hall–Kier alpha value is -1.30. The van der Waals surface area contributed by atoms with Crippen molar-refractivity contribution in [2.24, 2.45) is 0 Å². The molecule has 1 aromatic rings. The monoisotopic (exact) mass is 288 g/mol. The van der Waals surface area contributed by atoms with Gasteiger partial charge in [-0.2, -0.15) is 11.8 Å². The molecule has 0 spiro atoms. The van der Waals surface area contributed by atoms with Gasteiger partial charge in [-0.25, -0.2) is 8.78 Å². The van der Waals surface area contributed by atoms with Crippen LogP contribution in [0.4, 0.5) is 14.5 Å². The standard InChI is InChI=1S/C13H18F2N2OS/c1-16-12-10(14)7-9(8-11(12)15)13(18)17-5-3-4-6-19-2/h7-8,16H,3-6H2,1-2H3,(H,17,18). The van der Waals surface area contributed by atoms with E-state index in [-0.39, 0.29) is 11.3 Å². The van der Waals surface area contributed by atoms with Crippen LogP contribution in [0.3, 0.4) is 0 Å². The van der Waals surface area contributed by atoms with Crippen LogP contribution in [-0.2, 0) is 0 Å². The van der Waals surface area contributed by atoms with E-state index < -0.39 is 17.5 Å². The second kappa shape index (κ2) is 7.99. The molecule has 3 nitrogen and oxygen atoms in total. The number of hydrogen-bond acceptors (Lipinski definition) is 3. The van der Waals surface area contributed by atoms with Gasteiger partial charge in [0.15, 0.2) is 0 Å². The summed E-state index contributed by atoms with van der Waals surface area (Å²) in [6, 6.07) is 2.07. The topological polar surface area (TPSA) is 41.1 Å². The van der Waals surface area contributed by atoms with Gasteiger partial charge in [-0.15, -0.1) is 0 Å². The first kappa shape index (κ1) is 15.8. The van der Waals surface area contributed by atoms with Crippen LogP contribution >= 0.6 is 11.8 Å². The normalized spacial score (nSPS) is 10.3. The Labute approximate surface area is 116 Å². The highest BCUT2D eigenvalue weighted by Gasteiger charge is 2.13. The van der Waals surface area contributed by atoms with Gasteiger partial charge in [0.25, 0.3) is 5.91 Å². The summed E-state index contributed by atoms with van der Waals surface area (Å²) in [4.78, 5) is 11.7. The number of halogens is 2. The van der Waals surface area contributed by atoms with Crippen molar-refractivity contribution >= 4 is 23.4 Å². The lowest BCUT2D eigenvalue weighted by molar-refractivity contribution is 0.0952. The van der Waals surface area contributed by atoms with Gasteiger partial charge < -0.3 is 10.6 Å². The first-order valence-corrected chi connectivity index (χ1v) is 7.43. The van der Waals surface area contributed by atoms with E-state index in [0.717, 1.165) is 30.7 Å². The number of benzene rings is 1. The fourth-order valence-corrected chi connectivity index (χ4v) is 2.11. The number of carbonyl (C=O) groups excluding carboxylic acids is 1. The Balaban J connectivity index is 2.58. The number of carbonyl (C=O) groups is 1. The van der Waals surface area contributed by atoms with E-state index in [2.05, 4.69) is 10.6 Å². The van der Waals surface area contributed by atoms with Crippen LogP contribution in [0.2, 0.25) is 0 Å². The Kier molecular flexibility index (Phi) is 6.62. The van der Waals surface area contributed by atoms with E-state index in [1.54, 1.807) is 11.8 Å². The van der Waals surface area contributed by atoms with Crippen molar-refractivity contribution in [3.8, 4) is 0 Å². The smallest absolute Gasteiger partial charge is 0.251 e. The van der Waals surface area contributed by atoms with Gasteiger partial charge in [0.1, 0.15) is 17.3 Å². The average Bonchev–Trinajstić information content (AvgIpc) is 2.38. The van der Waals surface area contributed by atoms with Crippen LogP contribution < -0.4 is 10.6 Å². The average molecular weight is 288 g/mol. The Bertz CT molecular complexity index is 418. The molecule has 0 atom stereocenters. The van der Waals surface area contributed by atoms with Crippen LogP contribution in [0.25, 0.3) is 0 Å². The second-order valence-electron chi connectivity index (χ2n) is 4.02. The zero-order valence-corrected chi connectivity index (χ0v) is 11.9. The number of hydrogen-bond donors (Lipinski definition) is 2. The highest BCUT2D eigenvalue weighted by molar-refractivity contribution is 7.98. The molecule has 0 aliphatic rings. The number of thioether (sulfide) groups is 1. The lowest BCUT2D eigenvalue weighted by Gasteiger charge is -2.08. The van der Waals surface area contributed by atoms with Gasteiger partial charge >= 0.3 is 0 Å². The molecule has 0 aromatic heterocycles. The van der Waals surface area contributed by atoms with Crippen molar-refractivity contribution in [1.82, 2.24) is 5.32 Å². The predicted molar refractivity (Wildman–Crippen MR) is 75.9 cm³/mol. The van der Waals surface area contributed by atoms with E-state index in [1.165, 1.54) is 7.05 Å². The molecule has 1 rings (SSSR count). The third-order valence-electron chi connectivity index (χ3n) is 2.62. The van der Waals surface area contributed by atoms with Crippen molar-refractivity contribution in [3.05, 3.63) is 29.3 Å². The van der Waals surface area contributed by atoms with Gasteiger partial charge in [-0.3, -0.25) is 4.79 Å². The van der Waals surface area contributed by atoms with Crippen molar-refractivity contribution in [2.75, 3.05) is 30.9 Å². The van der Waals surface area contributed by atoms with E-state index in [0.29, 0.717) is 6.54 Å². The summed E-state index contributed by atoms with van der Waals surface area (Å²) in [6.07, 6.45) is 3.88. The summed E-state index contributed by atoms with van der Waals surface area (Å²) in [5.74, 6) is -0.953. The SMILES string of the molecule is CNc1c(F)cc(C(=O)NCCCCSC)cc1F. The molecular weight excluding hydrogens is 270 g/mol. The highest BCUT2D eigenvalue weighted by Crippen LogP contribution is 2.20. The van der Waals surface area contributed by atoms with Crippen LogP contribution in [0.15, 0.2) is 12.1 Å². The zero-order valence-electron chi connectivity index (χ0n) is 11.1. The molecule has 1 aromatic carbocycles. The Morgan fingerprint density at radius 3 is 2.42 bits per heavy atom. The van der Waals surface area contributed by atoms with Crippen LogP contribution in [0.5, 0.6) is 0 Å². The Morgan fingerprint density at radius 2 is 1.89 bits per heavy atom. The highest BCUT2D eigenvalue weighted by atomic mass is 32.2. The molecule has 0 radical (unpaired) electrons. The summed E-state index contributed by atoms with van der Waals surface area (Å²) < 4.78 is 27.0. The predicted octanol–water partition coefficient (Wildman–Crippen LogP) is 2.88. The molecule has 0 bridgehead atoms. The van der Waals surface area contributed by atoms with Crippen molar-refractivity contribution in [2.45, 2.75) is 12.8 Å². The fraction of sp³-hybridized carbons (Fsp3) is 0.462. The number of amides is 1. The van der Waals surface area contributed by atoms with E-state index >= 15 is 0 Å². The third-order valence-corrected chi connectivity index (χ3v) is 3.31. The van der Waals surface area contributed by atoms with Crippen molar-refractivity contribution in [3.63, 3.8) is 0 Å². The third kappa shape index (κ3) is 4.70. The van der Waals surface area contributed by atoms with E-state index in [4.69, 9.17) is 0 Å². The summed E-state index contributed by atoms with van der Waals surface area (Å²) >= 11 is 1.75. The molecule has 2 N–H and O–H groups in total. The van der Waals surface area contributed by atoms with Crippen LogP contribution in [0, 0.1) is 11.6 Å². The van der Waals surface area contributed by atoms with Gasteiger partial charge in [-0.05, 0) is 37.0 Å². The molecule has 19 heavy (non-hydrogen) atoms. The van der Waals surface area contributed by atoms with Gasteiger partial charge in [0.2, 0.25) is 0 Å². The molecule has 0 heterocycles. The molecule has 0 saturated carbocycles. The van der Waals surface area contributed by atoms with Crippen LogP contribution in [0.1, 0.15) is 23.2 Å². The lowest BCUT2D eigenvalue weighted by Crippen LogP contribution is -2.25. The number of rotatable bonds is 7. The van der Waals surface area contributed by atoms with Gasteiger partial charge in [-0.1, -0.05) is 0 Å². The fourth-order valence-electron chi connectivity index (χ4n) is 1.62. The maximum absolute atomic E-state index is 13.5. The molecule has 0 unspecified atom stereocenters. The maximum atomic E-state index is 13.5. The number of nitrogens with one attached hydrogen (secondary N) is 2. The maximum Gasteiger partial charge on any atom is 0.251 e. The molecule has 0 fully saturated rings. The molecule has 106 valence electrons. The number of unbranched alkanes of at least 4 members (excludes halogenated alkanes) is 1. The van der Waals surface area contributed by atoms with Crippen LogP contribution in [-0.4, -0.2) is 31.5 Å². The lowest BCUT2D eigenvalue weighted by atomic mass is 10.1. The van der Waals surface area contributed by atoms with E-state index in [9.17, 15) is 13.6 Å². The molecule has 0 aliphatic carbocycles. The van der Waals surface area contributed by atoms with E-state index in [1.807, 2.05) is 6.26 Å². The minimum atomic E-state index is -0.768. The molecule has 0 aliphatic heterocycles. The summed E-state index contributed by atoms with van der Waals surface area (Å²) in [6.45, 7) is 0.510. The van der Waals surface area contributed by atoms with Crippen molar-refractivity contribution < 1.29 is 13.6 Å². The summed E-state index contributed by atoms with van der Waals surface area (Å²) in [5, 5.41) is 5.06.